The SMILES string of the molecule is CN1CCc2cc(Nc3ccc(C4CC4)c(NCCCNC(=O)C4CCC4)c3)ccc2C1.Cl.Cl. The quantitative estimate of drug-likeness (QED) is 0.374. The predicted molar refractivity (Wildman–Crippen MR) is 146 cm³/mol. The number of hydrogen-bond donors (Lipinski definition) is 3. The zero-order chi connectivity index (χ0) is 21.9. The number of carbonyl (C=O) groups is 1. The molecule has 5 rings (SSSR count). The highest BCUT2D eigenvalue weighted by Gasteiger charge is 2.26. The summed E-state index contributed by atoms with van der Waals surface area (Å²) in [5.41, 5.74) is 7.87. The van der Waals surface area contributed by atoms with Crippen molar-refractivity contribution >= 4 is 47.8 Å². The Bertz CT molecular complexity index is 975. The fourth-order valence-corrected chi connectivity index (χ4v) is 4.81. The molecule has 186 valence electrons. The largest absolute Gasteiger partial charge is 0.385 e. The molecule has 0 bridgehead atoms. The van der Waals surface area contributed by atoms with Gasteiger partial charge in [0.05, 0.1) is 0 Å². The maximum absolute atomic E-state index is 12.0. The summed E-state index contributed by atoms with van der Waals surface area (Å²) in [6.45, 7) is 3.80. The predicted octanol–water partition coefficient (Wildman–Crippen LogP) is 5.86. The Balaban J connectivity index is 0.00000162. The Morgan fingerprint density at radius 1 is 0.971 bits per heavy atom. The summed E-state index contributed by atoms with van der Waals surface area (Å²) in [6.07, 6.45) is 7.98. The Morgan fingerprint density at radius 3 is 2.47 bits per heavy atom. The van der Waals surface area contributed by atoms with E-state index in [9.17, 15) is 4.79 Å². The number of halogens is 2. The first-order valence-corrected chi connectivity index (χ1v) is 12.4. The number of nitrogens with zero attached hydrogens (tertiary/aromatic N) is 1. The minimum atomic E-state index is 0. The standard InChI is InChI=1S/C27H36N4O.2ClH/c1-31-15-12-21-16-23(9-8-22(21)18-31)30-24-10-11-25(19-6-7-19)26(17-24)28-13-3-14-29-27(32)20-4-2-5-20;;/h8-11,16-17,19-20,28,30H,2-7,12-15,18H2,1H3,(H,29,32);2*1H. The number of benzene rings is 2. The second kappa shape index (κ2) is 12.1. The van der Waals surface area contributed by atoms with Crippen LogP contribution >= 0.6 is 24.8 Å². The Hall–Kier alpha value is -1.95. The number of hydrogen-bond acceptors (Lipinski definition) is 4. The maximum atomic E-state index is 12.0. The third kappa shape index (κ3) is 6.59. The van der Waals surface area contributed by atoms with Gasteiger partial charge in [0.1, 0.15) is 0 Å². The van der Waals surface area contributed by atoms with Gasteiger partial charge in [-0.05, 0) is 92.4 Å². The Kier molecular flexibility index (Phi) is 9.52. The van der Waals surface area contributed by atoms with Gasteiger partial charge in [-0.15, -0.1) is 24.8 Å². The molecule has 7 heteroatoms. The normalized spacial score (nSPS) is 17.4. The minimum absolute atomic E-state index is 0. The molecule has 3 N–H and O–H groups in total. The number of amides is 1. The lowest BCUT2D eigenvalue weighted by Crippen LogP contribution is -2.35. The van der Waals surface area contributed by atoms with Crippen LogP contribution in [0, 0.1) is 5.92 Å². The van der Waals surface area contributed by atoms with Gasteiger partial charge >= 0.3 is 0 Å². The van der Waals surface area contributed by atoms with Crippen molar-refractivity contribution in [1.29, 1.82) is 0 Å². The van der Waals surface area contributed by atoms with Crippen molar-refractivity contribution in [3.8, 4) is 0 Å². The van der Waals surface area contributed by atoms with Crippen molar-refractivity contribution < 1.29 is 4.79 Å². The summed E-state index contributed by atoms with van der Waals surface area (Å²) in [6, 6.07) is 13.5. The molecule has 0 aromatic heterocycles. The van der Waals surface area contributed by atoms with Gasteiger partial charge in [-0.3, -0.25) is 4.79 Å². The topological polar surface area (TPSA) is 56.4 Å². The monoisotopic (exact) mass is 504 g/mol. The molecule has 0 unspecified atom stereocenters. The van der Waals surface area contributed by atoms with E-state index in [4.69, 9.17) is 0 Å². The fraction of sp³-hybridized carbons (Fsp3) is 0.519. The first-order valence-electron chi connectivity index (χ1n) is 12.4. The summed E-state index contributed by atoms with van der Waals surface area (Å²) < 4.78 is 0. The van der Waals surface area contributed by atoms with Crippen LogP contribution in [-0.4, -0.2) is 37.5 Å². The van der Waals surface area contributed by atoms with Crippen LogP contribution in [0.25, 0.3) is 0 Å². The molecule has 5 nitrogen and oxygen atoms in total. The lowest BCUT2D eigenvalue weighted by atomic mass is 9.85. The van der Waals surface area contributed by atoms with E-state index in [-0.39, 0.29) is 36.6 Å². The van der Waals surface area contributed by atoms with Crippen molar-refractivity contribution in [2.45, 2.75) is 57.4 Å². The smallest absolute Gasteiger partial charge is 0.223 e. The number of rotatable bonds is 9. The molecule has 0 spiro atoms. The zero-order valence-electron chi connectivity index (χ0n) is 20.1. The summed E-state index contributed by atoms with van der Waals surface area (Å²) >= 11 is 0. The van der Waals surface area contributed by atoms with E-state index < -0.39 is 0 Å². The van der Waals surface area contributed by atoms with Crippen LogP contribution in [-0.2, 0) is 17.8 Å². The molecule has 1 amide bonds. The number of likely N-dealkylation sites (N-methyl/N-ethyl adjacent to an activating group) is 1. The summed E-state index contributed by atoms with van der Waals surface area (Å²) in [4.78, 5) is 14.4. The second-order valence-corrected chi connectivity index (χ2v) is 9.87. The summed E-state index contributed by atoms with van der Waals surface area (Å²) in [5, 5.41) is 10.4. The van der Waals surface area contributed by atoms with Crippen LogP contribution in [0.3, 0.4) is 0 Å². The van der Waals surface area contributed by atoms with E-state index in [1.165, 1.54) is 41.6 Å². The van der Waals surface area contributed by atoms with E-state index >= 15 is 0 Å². The van der Waals surface area contributed by atoms with Gasteiger partial charge in [0, 0.05) is 49.2 Å². The molecule has 34 heavy (non-hydrogen) atoms. The molecule has 2 aromatic rings. The van der Waals surface area contributed by atoms with Gasteiger partial charge in [-0.1, -0.05) is 18.6 Å². The minimum Gasteiger partial charge on any atom is -0.385 e. The summed E-state index contributed by atoms with van der Waals surface area (Å²) in [7, 11) is 2.19. The molecule has 0 saturated heterocycles. The van der Waals surface area contributed by atoms with Crippen molar-refractivity contribution in [3.63, 3.8) is 0 Å². The molecule has 1 aliphatic heterocycles. The molecule has 2 fully saturated rings. The maximum Gasteiger partial charge on any atom is 0.223 e. The molecular weight excluding hydrogens is 467 g/mol. The van der Waals surface area contributed by atoms with Crippen LogP contribution in [0.2, 0.25) is 0 Å². The molecule has 2 aliphatic carbocycles. The Morgan fingerprint density at radius 2 is 1.74 bits per heavy atom. The average molecular weight is 506 g/mol. The van der Waals surface area contributed by atoms with Crippen LogP contribution in [0.15, 0.2) is 36.4 Å². The Labute approximate surface area is 216 Å². The third-order valence-electron chi connectivity index (χ3n) is 7.21. The van der Waals surface area contributed by atoms with Gasteiger partial charge in [0.25, 0.3) is 0 Å². The highest BCUT2D eigenvalue weighted by Crippen LogP contribution is 2.44. The van der Waals surface area contributed by atoms with Crippen LogP contribution in [0.5, 0.6) is 0 Å². The van der Waals surface area contributed by atoms with E-state index in [1.807, 2.05) is 0 Å². The van der Waals surface area contributed by atoms with E-state index in [0.717, 1.165) is 63.2 Å². The molecule has 2 saturated carbocycles. The number of fused-ring (bicyclic) bond motifs is 1. The molecule has 2 aromatic carbocycles. The van der Waals surface area contributed by atoms with E-state index in [1.54, 1.807) is 0 Å². The second-order valence-electron chi connectivity index (χ2n) is 9.87. The van der Waals surface area contributed by atoms with Crippen molar-refractivity contribution in [1.82, 2.24) is 10.2 Å². The van der Waals surface area contributed by atoms with Crippen molar-refractivity contribution in [3.05, 3.63) is 53.1 Å². The lowest BCUT2D eigenvalue weighted by Gasteiger charge is -2.25. The van der Waals surface area contributed by atoms with Gasteiger partial charge in [0.2, 0.25) is 5.91 Å². The number of anilines is 3. The zero-order valence-corrected chi connectivity index (χ0v) is 21.7. The average Bonchev–Trinajstić information content (AvgIpc) is 3.58. The highest BCUT2D eigenvalue weighted by molar-refractivity contribution is 5.85. The molecule has 0 atom stereocenters. The molecule has 3 aliphatic rings. The third-order valence-corrected chi connectivity index (χ3v) is 7.21. The van der Waals surface area contributed by atoms with E-state index in [2.05, 4.69) is 64.3 Å². The number of carbonyl (C=O) groups excluding carboxylic acids is 1. The number of nitrogens with one attached hydrogen (secondary N) is 3. The first kappa shape index (κ1) is 26.7. The molecule has 1 heterocycles. The van der Waals surface area contributed by atoms with E-state index in [0.29, 0.717) is 5.92 Å². The van der Waals surface area contributed by atoms with Crippen molar-refractivity contribution in [2.75, 3.05) is 37.3 Å². The van der Waals surface area contributed by atoms with Crippen LogP contribution < -0.4 is 16.0 Å². The van der Waals surface area contributed by atoms with Gasteiger partial charge < -0.3 is 20.9 Å². The van der Waals surface area contributed by atoms with Crippen LogP contribution in [0.4, 0.5) is 17.1 Å². The highest BCUT2D eigenvalue weighted by atomic mass is 35.5. The van der Waals surface area contributed by atoms with Crippen LogP contribution in [0.1, 0.15) is 61.1 Å². The molecular formula is C27H38Cl2N4O. The van der Waals surface area contributed by atoms with Gasteiger partial charge in [-0.2, -0.15) is 0 Å². The lowest BCUT2D eigenvalue weighted by molar-refractivity contribution is -0.127. The van der Waals surface area contributed by atoms with Gasteiger partial charge in [-0.25, -0.2) is 0 Å². The summed E-state index contributed by atoms with van der Waals surface area (Å²) in [5.74, 6) is 1.22. The fourth-order valence-electron chi connectivity index (χ4n) is 4.81. The molecule has 0 radical (unpaired) electrons. The van der Waals surface area contributed by atoms with Gasteiger partial charge in [0.15, 0.2) is 0 Å². The first-order chi connectivity index (χ1) is 15.7. The van der Waals surface area contributed by atoms with Crippen molar-refractivity contribution in [2.24, 2.45) is 5.92 Å².